The van der Waals surface area contributed by atoms with Crippen molar-refractivity contribution in [2.75, 3.05) is 5.32 Å². The number of benzene rings is 1. The molecule has 0 bridgehead atoms. The van der Waals surface area contributed by atoms with Crippen molar-refractivity contribution in [1.82, 2.24) is 14.8 Å². The first-order valence-electron chi connectivity index (χ1n) is 7.96. The summed E-state index contributed by atoms with van der Waals surface area (Å²) in [4.78, 5) is 16.7. The molecule has 25 heavy (non-hydrogen) atoms. The van der Waals surface area contributed by atoms with E-state index in [9.17, 15) is 4.79 Å². The Balaban J connectivity index is 1.82. The molecular weight excluding hydrogens is 336 g/mol. The van der Waals surface area contributed by atoms with Gasteiger partial charge in [-0.05, 0) is 38.0 Å². The van der Waals surface area contributed by atoms with Crippen molar-refractivity contribution in [1.29, 1.82) is 0 Å². The molecule has 2 aromatic heterocycles. The summed E-state index contributed by atoms with van der Waals surface area (Å²) in [5, 5.41) is 7.49. The normalized spacial score (nSPS) is 10.7. The number of hydrogen-bond donors (Lipinski definition) is 1. The molecule has 1 aromatic carbocycles. The Labute approximate surface area is 151 Å². The van der Waals surface area contributed by atoms with E-state index in [4.69, 9.17) is 11.6 Å². The van der Waals surface area contributed by atoms with Gasteiger partial charge in [0.15, 0.2) is 0 Å². The van der Waals surface area contributed by atoms with Crippen molar-refractivity contribution in [3.8, 4) is 0 Å². The zero-order valence-electron chi connectivity index (χ0n) is 14.4. The maximum absolute atomic E-state index is 12.6. The topological polar surface area (TPSA) is 59.8 Å². The molecule has 0 radical (unpaired) electrons. The average Bonchev–Trinajstić information content (AvgIpc) is 2.85. The lowest BCUT2D eigenvalue weighted by atomic mass is 10.1. The maximum atomic E-state index is 12.6. The second kappa shape index (κ2) is 7.07. The van der Waals surface area contributed by atoms with Crippen LogP contribution in [-0.2, 0) is 6.54 Å². The van der Waals surface area contributed by atoms with Gasteiger partial charge in [-0.2, -0.15) is 5.10 Å². The first-order valence-corrected chi connectivity index (χ1v) is 8.34. The van der Waals surface area contributed by atoms with Gasteiger partial charge >= 0.3 is 0 Å². The Bertz CT molecular complexity index is 898. The SMILES string of the molecule is Cc1ccc(Cn2nc(C)c(C(=O)Nc3ccc(C)cn3)c2Cl)cc1. The van der Waals surface area contributed by atoms with Crippen LogP contribution in [0.5, 0.6) is 0 Å². The maximum Gasteiger partial charge on any atom is 0.261 e. The zero-order chi connectivity index (χ0) is 18.0. The Hall–Kier alpha value is -2.66. The monoisotopic (exact) mass is 354 g/mol. The lowest BCUT2D eigenvalue weighted by Gasteiger charge is -2.06. The van der Waals surface area contributed by atoms with Crippen LogP contribution in [0.2, 0.25) is 5.15 Å². The molecular formula is C19H19ClN4O. The summed E-state index contributed by atoms with van der Waals surface area (Å²) >= 11 is 6.42. The minimum absolute atomic E-state index is 0.311. The number of anilines is 1. The Morgan fingerprint density at radius 3 is 2.40 bits per heavy atom. The Morgan fingerprint density at radius 1 is 1.08 bits per heavy atom. The van der Waals surface area contributed by atoms with E-state index in [-0.39, 0.29) is 5.91 Å². The van der Waals surface area contributed by atoms with Crippen LogP contribution in [0, 0.1) is 20.8 Å². The van der Waals surface area contributed by atoms with Gasteiger partial charge in [0.1, 0.15) is 11.0 Å². The Morgan fingerprint density at radius 2 is 1.76 bits per heavy atom. The molecule has 0 saturated heterocycles. The zero-order valence-corrected chi connectivity index (χ0v) is 15.1. The highest BCUT2D eigenvalue weighted by Crippen LogP contribution is 2.22. The molecule has 3 aromatic rings. The van der Waals surface area contributed by atoms with E-state index in [2.05, 4.69) is 15.4 Å². The van der Waals surface area contributed by atoms with Crippen LogP contribution >= 0.6 is 11.6 Å². The van der Waals surface area contributed by atoms with Crippen molar-refractivity contribution in [3.63, 3.8) is 0 Å². The third kappa shape index (κ3) is 3.88. The highest BCUT2D eigenvalue weighted by Gasteiger charge is 2.20. The molecule has 3 rings (SSSR count). The van der Waals surface area contributed by atoms with Gasteiger partial charge in [0.25, 0.3) is 5.91 Å². The first kappa shape index (κ1) is 17.2. The summed E-state index contributed by atoms with van der Waals surface area (Å²) in [5.74, 6) is 0.173. The summed E-state index contributed by atoms with van der Waals surface area (Å²) in [6.45, 7) is 6.26. The van der Waals surface area contributed by atoms with Crippen LogP contribution in [0.4, 0.5) is 5.82 Å². The quantitative estimate of drug-likeness (QED) is 0.765. The highest BCUT2D eigenvalue weighted by atomic mass is 35.5. The summed E-state index contributed by atoms with van der Waals surface area (Å²) in [6, 6.07) is 11.8. The standard InChI is InChI=1S/C19H19ClN4O/c1-12-4-7-15(8-5-12)11-24-18(20)17(14(3)23-24)19(25)22-16-9-6-13(2)10-21-16/h4-10H,11H2,1-3H3,(H,21,22,25). The molecule has 0 saturated carbocycles. The van der Waals surface area contributed by atoms with E-state index in [1.807, 2.05) is 44.2 Å². The number of halogens is 1. The fraction of sp³-hybridized carbons (Fsp3) is 0.211. The van der Waals surface area contributed by atoms with E-state index >= 15 is 0 Å². The minimum Gasteiger partial charge on any atom is -0.306 e. The highest BCUT2D eigenvalue weighted by molar-refractivity contribution is 6.33. The Kier molecular flexibility index (Phi) is 4.86. The van der Waals surface area contributed by atoms with Crippen molar-refractivity contribution in [2.24, 2.45) is 0 Å². The van der Waals surface area contributed by atoms with Crippen LogP contribution < -0.4 is 5.32 Å². The van der Waals surface area contributed by atoms with E-state index in [0.29, 0.717) is 28.8 Å². The summed E-state index contributed by atoms with van der Waals surface area (Å²) in [7, 11) is 0. The average molecular weight is 355 g/mol. The van der Waals surface area contributed by atoms with Gasteiger partial charge < -0.3 is 5.32 Å². The molecule has 0 aliphatic rings. The van der Waals surface area contributed by atoms with E-state index < -0.39 is 0 Å². The molecule has 0 unspecified atom stereocenters. The molecule has 0 spiro atoms. The molecule has 1 N–H and O–H groups in total. The van der Waals surface area contributed by atoms with E-state index in [1.54, 1.807) is 23.9 Å². The predicted octanol–water partition coefficient (Wildman–Crippen LogP) is 4.16. The van der Waals surface area contributed by atoms with Crippen molar-refractivity contribution >= 4 is 23.3 Å². The number of hydrogen-bond acceptors (Lipinski definition) is 3. The second-order valence-corrected chi connectivity index (χ2v) is 6.43. The lowest BCUT2D eigenvalue weighted by Crippen LogP contribution is -2.14. The second-order valence-electron chi connectivity index (χ2n) is 6.07. The van der Waals surface area contributed by atoms with E-state index in [0.717, 1.165) is 11.1 Å². The molecule has 6 heteroatoms. The molecule has 0 aliphatic carbocycles. The largest absolute Gasteiger partial charge is 0.306 e. The van der Waals surface area contributed by atoms with Gasteiger partial charge in [-0.15, -0.1) is 0 Å². The summed E-state index contributed by atoms with van der Waals surface area (Å²) in [6.07, 6.45) is 1.70. The van der Waals surface area contributed by atoms with Gasteiger partial charge in [-0.25, -0.2) is 9.67 Å². The van der Waals surface area contributed by atoms with Crippen LogP contribution in [0.1, 0.15) is 32.7 Å². The molecule has 0 atom stereocenters. The number of nitrogens with zero attached hydrogens (tertiary/aromatic N) is 3. The molecule has 0 fully saturated rings. The van der Waals surface area contributed by atoms with Crippen LogP contribution in [0.3, 0.4) is 0 Å². The number of carbonyl (C=O) groups is 1. The molecule has 2 heterocycles. The van der Waals surface area contributed by atoms with Crippen LogP contribution in [0.15, 0.2) is 42.6 Å². The fourth-order valence-corrected chi connectivity index (χ4v) is 2.82. The minimum atomic E-state index is -0.311. The number of aromatic nitrogens is 3. The summed E-state index contributed by atoms with van der Waals surface area (Å²) < 4.78 is 1.64. The van der Waals surface area contributed by atoms with Gasteiger partial charge in [-0.1, -0.05) is 47.5 Å². The van der Waals surface area contributed by atoms with Crippen molar-refractivity contribution < 1.29 is 4.79 Å². The predicted molar refractivity (Wildman–Crippen MR) is 99.2 cm³/mol. The molecule has 5 nitrogen and oxygen atoms in total. The van der Waals surface area contributed by atoms with Gasteiger partial charge in [0.2, 0.25) is 0 Å². The van der Waals surface area contributed by atoms with E-state index in [1.165, 1.54) is 5.56 Å². The van der Waals surface area contributed by atoms with Gasteiger partial charge in [0, 0.05) is 6.20 Å². The first-order chi connectivity index (χ1) is 11.9. The van der Waals surface area contributed by atoms with Crippen molar-refractivity contribution in [3.05, 3.63) is 75.7 Å². The number of pyridine rings is 1. The van der Waals surface area contributed by atoms with Gasteiger partial charge in [-0.3, -0.25) is 4.79 Å². The van der Waals surface area contributed by atoms with Gasteiger partial charge in [0.05, 0.1) is 17.8 Å². The van der Waals surface area contributed by atoms with Crippen LogP contribution in [0.25, 0.3) is 0 Å². The third-order valence-corrected chi connectivity index (χ3v) is 4.28. The summed E-state index contributed by atoms with van der Waals surface area (Å²) in [5.41, 5.74) is 4.25. The molecule has 0 aliphatic heterocycles. The number of rotatable bonds is 4. The number of amides is 1. The van der Waals surface area contributed by atoms with Crippen molar-refractivity contribution in [2.45, 2.75) is 27.3 Å². The third-order valence-electron chi connectivity index (χ3n) is 3.90. The number of nitrogens with one attached hydrogen (secondary N) is 1. The number of carbonyl (C=O) groups excluding carboxylic acids is 1. The molecule has 1 amide bonds. The lowest BCUT2D eigenvalue weighted by molar-refractivity contribution is 0.102. The smallest absolute Gasteiger partial charge is 0.261 e. The van der Waals surface area contributed by atoms with Crippen LogP contribution in [-0.4, -0.2) is 20.7 Å². The number of aryl methyl sites for hydroxylation is 3. The molecule has 128 valence electrons. The fourth-order valence-electron chi connectivity index (χ4n) is 2.50.